The minimum atomic E-state index is 0.300. The van der Waals surface area contributed by atoms with Crippen LogP contribution in [0.5, 0.6) is 23.0 Å². The van der Waals surface area contributed by atoms with Crippen LogP contribution in [-0.4, -0.2) is 28.4 Å². The van der Waals surface area contributed by atoms with Crippen molar-refractivity contribution in [2.24, 2.45) is 0 Å². The zero-order valence-electron chi connectivity index (χ0n) is 12.2. The van der Waals surface area contributed by atoms with Crippen LogP contribution >= 0.6 is 0 Å². The summed E-state index contributed by atoms with van der Waals surface area (Å²) in [6.07, 6.45) is 0. The van der Waals surface area contributed by atoms with Gasteiger partial charge in [0.1, 0.15) is 0 Å². The SMILES string of the molecule is COc1c(C)c(C(C)C)c(OC)c(OC)c1OC. The van der Waals surface area contributed by atoms with Gasteiger partial charge in [0.2, 0.25) is 11.5 Å². The lowest BCUT2D eigenvalue weighted by Gasteiger charge is -2.23. The second-order valence-corrected chi connectivity index (χ2v) is 4.33. The van der Waals surface area contributed by atoms with Gasteiger partial charge in [0, 0.05) is 11.1 Å². The van der Waals surface area contributed by atoms with E-state index in [2.05, 4.69) is 13.8 Å². The van der Waals surface area contributed by atoms with E-state index in [1.165, 1.54) is 0 Å². The molecule has 18 heavy (non-hydrogen) atoms. The molecule has 4 nitrogen and oxygen atoms in total. The van der Waals surface area contributed by atoms with Crippen molar-refractivity contribution in [3.05, 3.63) is 11.1 Å². The van der Waals surface area contributed by atoms with E-state index in [4.69, 9.17) is 18.9 Å². The first kappa shape index (κ1) is 14.5. The Bertz CT molecular complexity index is 425. The quantitative estimate of drug-likeness (QED) is 0.809. The normalized spacial score (nSPS) is 10.4. The summed E-state index contributed by atoms with van der Waals surface area (Å²) in [5, 5.41) is 0. The molecule has 0 N–H and O–H groups in total. The van der Waals surface area contributed by atoms with Crippen LogP contribution in [0.4, 0.5) is 0 Å². The molecule has 1 rings (SSSR count). The molecule has 102 valence electrons. The van der Waals surface area contributed by atoms with Gasteiger partial charge in [0.15, 0.2) is 11.5 Å². The first-order valence-electron chi connectivity index (χ1n) is 5.89. The zero-order chi connectivity index (χ0) is 13.9. The van der Waals surface area contributed by atoms with Crippen molar-refractivity contribution in [3.8, 4) is 23.0 Å². The second kappa shape index (κ2) is 5.85. The van der Waals surface area contributed by atoms with Crippen LogP contribution in [0, 0.1) is 6.92 Å². The Labute approximate surface area is 109 Å². The lowest BCUT2D eigenvalue weighted by atomic mass is 9.95. The van der Waals surface area contributed by atoms with E-state index in [0.717, 1.165) is 11.1 Å². The molecule has 0 radical (unpaired) electrons. The van der Waals surface area contributed by atoms with Gasteiger partial charge in [-0.25, -0.2) is 0 Å². The number of methoxy groups -OCH3 is 4. The van der Waals surface area contributed by atoms with Crippen LogP contribution in [0.3, 0.4) is 0 Å². The summed E-state index contributed by atoms with van der Waals surface area (Å²) in [6.45, 7) is 6.21. The number of hydrogen-bond donors (Lipinski definition) is 0. The third kappa shape index (κ3) is 2.19. The molecule has 0 aliphatic carbocycles. The summed E-state index contributed by atoms with van der Waals surface area (Å²) in [5.74, 6) is 2.85. The summed E-state index contributed by atoms with van der Waals surface area (Å²) in [6, 6.07) is 0. The highest BCUT2D eigenvalue weighted by Crippen LogP contribution is 2.51. The molecule has 0 aromatic heterocycles. The lowest BCUT2D eigenvalue weighted by Crippen LogP contribution is -2.05. The highest BCUT2D eigenvalue weighted by molar-refractivity contribution is 5.67. The van der Waals surface area contributed by atoms with Gasteiger partial charge in [-0.2, -0.15) is 0 Å². The van der Waals surface area contributed by atoms with Crippen molar-refractivity contribution in [1.82, 2.24) is 0 Å². The van der Waals surface area contributed by atoms with Gasteiger partial charge >= 0.3 is 0 Å². The van der Waals surface area contributed by atoms with E-state index in [0.29, 0.717) is 28.9 Å². The molecule has 0 aliphatic heterocycles. The van der Waals surface area contributed by atoms with Gasteiger partial charge in [0.25, 0.3) is 0 Å². The molecule has 0 heterocycles. The minimum absolute atomic E-state index is 0.300. The molecule has 0 saturated carbocycles. The molecule has 0 unspecified atom stereocenters. The molecule has 1 aromatic carbocycles. The predicted molar refractivity (Wildman–Crippen MR) is 71.5 cm³/mol. The fourth-order valence-electron chi connectivity index (χ4n) is 2.31. The fraction of sp³-hybridized carbons (Fsp3) is 0.571. The molecular formula is C14H22O4. The Morgan fingerprint density at radius 1 is 0.667 bits per heavy atom. The van der Waals surface area contributed by atoms with Crippen molar-refractivity contribution in [2.45, 2.75) is 26.7 Å². The Hall–Kier alpha value is -1.58. The molecule has 0 bridgehead atoms. The standard InChI is InChI=1S/C14H22O4/c1-8(2)10-9(3)11(15-4)13(17-6)14(18-7)12(10)16-5/h8H,1-7H3. The van der Waals surface area contributed by atoms with Gasteiger partial charge in [-0.1, -0.05) is 13.8 Å². The highest BCUT2D eigenvalue weighted by atomic mass is 16.5. The zero-order valence-corrected chi connectivity index (χ0v) is 12.2. The monoisotopic (exact) mass is 254 g/mol. The van der Waals surface area contributed by atoms with Gasteiger partial charge < -0.3 is 18.9 Å². The molecule has 4 heteroatoms. The maximum Gasteiger partial charge on any atom is 0.207 e. The van der Waals surface area contributed by atoms with E-state index >= 15 is 0 Å². The number of rotatable bonds is 5. The Balaban J connectivity index is 3.73. The second-order valence-electron chi connectivity index (χ2n) is 4.33. The minimum Gasteiger partial charge on any atom is -0.492 e. The van der Waals surface area contributed by atoms with Crippen LogP contribution < -0.4 is 18.9 Å². The van der Waals surface area contributed by atoms with E-state index < -0.39 is 0 Å². The lowest BCUT2D eigenvalue weighted by molar-refractivity contribution is 0.301. The molecule has 1 aromatic rings. The molecule has 0 spiro atoms. The molecule has 0 aliphatic rings. The summed E-state index contributed by atoms with van der Waals surface area (Å²) >= 11 is 0. The Kier molecular flexibility index (Phi) is 4.70. The van der Waals surface area contributed by atoms with Crippen LogP contribution in [0.2, 0.25) is 0 Å². The van der Waals surface area contributed by atoms with Crippen LogP contribution in [-0.2, 0) is 0 Å². The first-order valence-corrected chi connectivity index (χ1v) is 5.89. The van der Waals surface area contributed by atoms with Crippen molar-refractivity contribution < 1.29 is 18.9 Å². The van der Waals surface area contributed by atoms with Gasteiger partial charge in [-0.05, 0) is 12.8 Å². The fourth-order valence-corrected chi connectivity index (χ4v) is 2.31. The first-order chi connectivity index (χ1) is 8.53. The predicted octanol–water partition coefficient (Wildman–Crippen LogP) is 3.15. The summed E-state index contributed by atoms with van der Waals surface area (Å²) < 4.78 is 21.7. The third-order valence-electron chi connectivity index (χ3n) is 3.00. The van der Waals surface area contributed by atoms with Crippen molar-refractivity contribution in [3.63, 3.8) is 0 Å². The molecule has 0 fully saturated rings. The maximum atomic E-state index is 5.49. The smallest absolute Gasteiger partial charge is 0.207 e. The van der Waals surface area contributed by atoms with E-state index in [1.807, 2.05) is 6.92 Å². The number of ether oxygens (including phenoxy) is 4. The molecule has 0 saturated heterocycles. The van der Waals surface area contributed by atoms with Crippen LogP contribution in [0.25, 0.3) is 0 Å². The number of hydrogen-bond acceptors (Lipinski definition) is 4. The van der Waals surface area contributed by atoms with E-state index in [9.17, 15) is 0 Å². The largest absolute Gasteiger partial charge is 0.492 e. The van der Waals surface area contributed by atoms with Crippen molar-refractivity contribution in [2.75, 3.05) is 28.4 Å². The van der Waals surface area contributed by atoms with E-state index in [-0.39, 0.29) is 0 Å². The summed E-state index contributed by atoms with van der Waals surface area (Å²) in [7, 11) is 6.45. The Morgan fingerprint density at radius 2 is 1.06 bits per heavy atom. The molecular weight excluding hydrogens is 232 g/mol. The molecule has 0 atom stereocenters. The summed E-state index contributed by atoms with van der Waals surface area (Å²) in [5.41, 5.74) is 2.09. The van der Waals surface area contributed by atoms with Crippen molar-refractivity contribution >= 4 is 0 Å². The highest BCUT2D eigenvalue weighted by Gasteiger charge is 2.26. The van der Waals surface area contributed by atoms with Crippen LogP contribution in [0.15, 0.2) is 0 Å². The Morgan fingerprint density at radius 3 is 1.39 bits per heavy atom. The number of benzene rings is 1. The van der Waals surface area contributed by atoms with Crippen molar-refractivity contribution in [1.29, 1.82) is 0 Å². The average Bonchev–Trinajstić information content (AvgIpc) is 2.36. The van der Waals surface area contributed by atoms with Gasteiger partial charge in [-0.15, -0.1) is 0 Å². The van der Waals surface area contributed by atoms with Gasteiger partial charge in [-0.3, -0.25) is 0 Å². The topological polar surface area (TPSA) is 36.9 Å². The van der Waals surface area contributed by atoms with Gasteiger partial charge in [0.05, 0.1) is 28.4 Å². The summed E-state index contributed by atoms with van der Waals surface area (Å²) in [4.78, 5) is 0. The van der Waals surface area contributed by atoms with E-state index in [1.54, 1.807) is 28.4 Å². The maximum absolute atomic E-state index is 5.49. The molecule has 0 amide bonds. The average molecular weight is 254 g/mol. The van der Waals surface area contributed by atoms with Crippen LogP contribution in [0.1, 0.15) is 30.9 Å². The third-order valence-corrected chi connectivity index (χ3v) is 3.00.